The van der Waals surface area contributed by atoms with Crippen LogP contribution in [0.25, 0.3) is 0 Å². The third-order valence-corrected chi connectivity index (χ3v) is 6.11. The number of fused-ring (bicyclic) bond motifs is 2. The fourth-order valence-corrected chi connectivity index (χ4v) is 5.19. The van der Waals surface area contributed by atoms with Crippen LogP contribution in [0.5, 0.6) is 0 Å². The van der Waals surface area contributed by atoms with Gasteiger partial charge in [-0.2, -0.15) is 0 Å². The Morgan fingerprint density at radius 1 is 1.35 bits per heavy atom. The van der Waals surface area contributed by atoms with Gasteiger partial charge in [0, 0.05) is 27.5 Å². The van der Waals surface area contributed by atoms with Crippen molar-refractivity contribution in [2.45, 2.75) is 48.7 Å². The van der Waals surface area contributed by atoms with Crippen molar-refractivity contribution in [1.82, 2.24) is 4.98 Å². The van der Waals surface area contributed by atoms with E-state index in [0.29, 0.717) is 12.8 Å². The summed E-state index contributed by atoms with van der Waals surface area (Å²) in [4.78, 5) is 4.35. The van der Waals surface area contributed by atoms with Crippen molar-refractivity contribution in [3.63, 3.8) is 0 Å². The van der Waals surface area contributed by atoms with E-state index in [4.69, 9.17) is 0 Å². The van der Waals surface area contributed by atoms with Gasteiger partial charge in [-0.25, -0.2) is 0 Å². The first-order valence-electron chi connectivity index (χ1n) is 6.13. The number of aryl methyl sites for hydroxylation is 1. The van der Waals surface area contributed by atoms with E-state index < -0.39 is 16.4 Å². The molecule has 4 heteroatoms. The van der Waals surface area contributed by atoms with E-state index in [2.05, 4.69) is 4.98 Å². The zero-order valence-corrected chi connectivity index (χ0v) is 10.7. The number of hydrogen-bond donors (Lipinski definition) is 1. The van der Waals surface area contributed by atoms with Gasteiger partial charge >= 0.3 is 0 Å². The van der Waals surface area contributed by atoms with Crippen molar-refractivity contribution in [2.24, 2.45) is 0 Å². The number of nitrogens with zero attached hydrogens (tertiary/aromatic N) is 1. The highest BCUT2D eigenvalue weighted by Gasteiger charge is 2.48. The van der Waals surface area contributed by atoms with Gasteiger partial charge in [-0.1, -0.05) is 6.07 Å². The van der Waals surface area contributed by atoms with Crippen molar-refractivity contribution in [1.29, 1.82) is 0 Å². The van der Waals surface area contributed by atoms with Crippen LogP contribution in [0.3, 0.4) is 0 Å². The van der Waals surface area contributed by atoms with Crippen molar-refractivity contribution < 1.29 is 9.32 Å². The van der Waals surface area contributed by atoms with Crippen LogP contribution in [0.1, 0.15) is 36.9 Å². The second-order valence-electron chi connectivity index (χ2n) is 5.31. The van der Waals surface area contributed by atoms with Crippen LogP contribution in [-0.4, -0.2) is 24.8 Å². The Hall–Kier alpha value is -0.740. The Labute approximate surface area is 104 Å². The maximum absolute atomic E-state index is 11.9. The molecule has 0 radical (unpaired) electrons. The first-order chi connectivity index (χ1) is 8.08. The van der Waals surface area contributed by atoms with Gasteiger partial charge in [0.15, 0.2) is 0 Å². The molecule has 0 amide bonds. The molecule has 1 aromatic rings. The molecule has 92 valence electrons. The molecule has 2 aliphatic heterocycles. The Balaban J connectivity index is 1.92. The third-order valence-electron chi connectivity index (χ3n) is 3.99. The van der Waals surface area contributed by atoms with E-state index >= 15 is 0 Å². The summed E-state index contributed by atoms with van der Waals surface area (Å²) in [5.41, 5.74) is 0.990. The molecule has 2 fully saturated rings. The topological polar surface area (TPSA) is 50.2 Å². The molecule has 0 aromatic carbocycles. The van der Waals surface area contributed by atoms with Crippen LogP contribution in [0.2, 0.25) is 0 Å². The number of hydrogen-bond acceptors (Lipinski definition) is 3. The molecule has 2 aliphatic rings. The molecule has 17 heavy (non-hydrogen) atoms. The molecule has 2 atom stereocenters. The lowest BCUT2D eigenvalue weighted by molar-refractivity contribution is 0.0142. The second-order valence-corrected chi connectivity index (χ2v) is 7.30. The van der Waals surface area contributed by atoms with Gasteiger partial charge < -0.3 is 5.11 Å². The molecule has 0 saturated carbocycles. The lowest BCUT2D eigenvalue weighted by Crippen LogP contribution is -2.40. The second kappa shape index (κ2) is 3.89. The van der Waals surface area contributed by atoms with Crippen LogP contribution in [0.4, 0.5) is 0 Å². The zero-order valence-electron chi connectivity index (χ0n) is 9.93. The number of pyridine rings is 1. The van der Waals surface area contributed by atoms with Gasteiger partial charge in [0.2, 0.25) is 0 Å². The molecule has 3 nitrogen and oxygen atoms in total. The van der Waals surface area contributed by atoms with Crippen molar-refractivity contribution in [2.75, 3.05) is 0 Å². The van der Waals surface area contributed by atoms with Crippen molar-refractivity contribution in [3.8, 4) is 0 Å². The van der Waals surface area contributed by atoms with E-state index in [1.54, 1.807) is 6.20 Å². The summed E-state index contributed by atoms with van der Waals surface area (Å²) >= 11 is 0. The van der Waals surface area contributed by atoms with Gasteiger partial charge in [0.1, 0.15) is 5.60 Å². The average molecular weight is 251 g/mol. The Morgan fingerprint density at radius 3 is 2.53 bits per heavy atom. The third kappa shape index (κ3) is 1.83. The molecular weight excluding hydrogens is 234 g/mol. The fourth-order valence-electron chi connectivity index (χ4n) is 3.03. The van der Waals surface area contributed by atoms with E-state index in [1.807, 2.05) is 19.1 Å². The summed E-state index contributed by atoms with van der Waals surface area (Å²) in [5, 5.41) is 11.1. The number of aliphatic hydroxyl groups is 1. The minimum absolute atomic E-state index is 0.168. The maximum Gasteiger partial charge on any atom is 0.109 e. The number of rotatable bonds is 1. The van der Waals surface area contributed by atoms with Gasteiger partial charge in [-0.3, -0.25) is 9.19 Å². The lowest BCUT2D eigenvalue weighted by atomic mass is 9.89. The SMILES string of the molecule is Cc1ccc(C2(O)CC3CCC(C2)S3=O)nc1. The van der Waals surface area contributed by atoms with Crippen LogP contribution < -0.4 is 0 Å². The van der Waals surface area contributed by atoms with Gasteiger partial charge in [-0.15, -0.1) is 0 Å². The van der Waals surface area contributed by atoms with E-state index in [1.165, 1.54) is 0 Å². The minimum Gasteiger partial charge on any atom is -0.383 e. The predicted molar refractivity (Wildman–Crippen MR) is 67.1 cm³/mol. The Kier molecular flexibility index (Phi) is 2.60. The van der Waals surface area contributed by atoms with Crippen LogP contribution in [0, 0.1) is 6.92 Å². The molecule has 2 bridgehead atoms. The van der Waals surface area contributed by atoms with Gasteiger partial charge in [0.05, 0.1) is 5.69 Å². The molecule has 3 rings (SSSR count). The number of aromatic nitrogens is 1. The molecule has 2 unspecified atom stereocenters. The summed E-state index contributed by atoms with van der Waals surface area (Å²) in [7, 11) is -0.731. The summed E-state index contributed by atoms with van der Waals surface area (Å²) < 4.78 is 11.9. The molecule has 3 heterocycles. The highest BCUT2D eigenvalue weighted by atomic mass is 32.2. The molecule has 0 aliphatic carbocycles. The summed E-state index contributed by atoms with van der Waals surface area (Å²) in [5.74, 6) is 0. The lowest BCUT2D eigenvalue weighted by Gasteiger charge is -2.35. The quantitative estimate of drug-likeness (QED) is 0.825. The van der Waals surface area contributed by atoms with Crippen molar-refractivity contribution in [3.05, 3.63) is 29.6 Å². The summed E-state index contributed by atoms with van der Waals surface area (Å²) in [6, 6.07) is 3.89. The van der Waals surface area contributed by atoms with Crippen molar-refractivity contribution >= 4 is 10.8 Å². The first kappa shape index (κ1) is 11.4. The standard InChI is InChI=1S/C13H17NO2S/c1-9-2-5-12(14-8-9)13(15)6-10-3-4-11(7-13)17(10)16/h2,5,8,10-11,15H,3-4,6-7H2,1H3. The van der Waals surface area contributed by atoms with Gasteiger partial charge in [-0.05, 0) is 44.2 Å². The molecule has 1 aromatic heterocycles. The van der Waals surface area contributed by atoms with E-state index in [0.717, 1.165) is 24.1 Å². The van der Waals surface area contributed by atoms with E-state index in [9.17, 15) is 9.32 Å². The largest absolute Gasteiger partial charge is 0.383 e. The van der Waals surface area contributed by atoms with Crippen LogP contribution >= 0.6 is 0 Å². The average Bonchev–Trinajstić information content (AvgIpc) is 2.53. The minimum atomic E-state index is -0.854. The van der Waals surface area contributed by atoms with E-state index in [-0.39, 0.29) is 10.5 Å². The Bertz CT molecular complexity index is 441. The van der Waals surface area contributed by atoms with Crippen LogP contribution in [-0.2, 0) is 16.4 Å². The molecule has 2 saturated heterocycles. The zero-order chi connectivity index (χ0) is 12.0. The summed E-state index contributed by atoms with van der Waals surface area (Å²) in [6.07, 6.45) is 4.98. The highest BCUT2D eigenvalue weighted by Crippen LogP contribution is 2.45. The maximum atomic E-state index is 11.9. The molecular formula is C13H17NO2S. The molecule has 1 N–H and O–H groups in total. The highest BCUT2D eigenvalue weighted by molar-refractivity contribution is 7.86. The first-order valence-corrected chi connectivity index (χ1v) is 7.41. The van der Waals surface area contributed by atoms with Crippen LogP contribution in [0.15, 0.2) is 18.3 Å². The predicted octanol–water partition coefficient (Wildman–Crippen LogP) is 1.65. The molecule has 0 spiro atoms. The smallest absolute Gasteiger partial charge is 0.109 e. The Morgan fingerprint density at radius 2 is 2.00 bits per heavy atom. The monoisotopic (exact) mass is 251 g/mol. The van der Waals surface area contributed by atoms with Gasteiger partial charge in [0.25, 0.3) is 0 Å². The summed E-state index contributed by atoms with van der Waals surface area (Å²) in [6.45, 7) is 1.99. The fraction of sp³-hybridized carbons (Fsp3) is 0.615. The normalized spacial score (nSPS) is 40.5.